The Labute approximate surface area is 125 Å². The lowest BCUT2D eigenvalue weighted by molar-refractivity contribution is 0.498. The lowest BCUT2D eigenvalue weighted by Gasteiger charge is -2.12. The van der Waals surface area contributed by atoms with Gasteiger partial charge in [0, 0.05) is 13.0 Å². The van der Waals surface area contributed by atoms with Crippen molar-refractivity contribution in [1.29, 1.82) is 0 Å². The van der Waals surface area contributed by atoms with E-state index in [1.807, 2.05) is 4.57 Å². The molecule has 0 unspecified atom stereocenters. The molecule has 0 amide bonds. The number of rotatable bonds is 5. The second kappa shape index (κ2) is 6.43. The summed E-state index contributed by atoms with van der Waals surface area (Å²) in [5.74, 6) is 0.389. The van der Waals surface area contributed by atoms with Gasteiger partial charge in [0.15, 0.2) is 11.6 Å². The van der Waals surface area contributed by atoms with E-state index in [-0.39, 0.29) is 0 Å². The molecular weight excluding hydrogens is 328 g/mol. The maximum absolute atomic E-state index is 13.2. The van der Waals surface area contributed by atoms with Crippen molar-refractivity contribution in [1.82, 2.24) is 14.8 Å². The predicted octanol–water partition coefficient (Wildman–Crippen LogP) is 3.70. The molecule has 108 valence electrons. The average Bonchev–Trinajstić information content (AvgIpc) is 2.76. The fraction of sp³-hybridized carbons (Fsp3) is 0.429. The summed E-state index contributed by atoms with van der Waals surface area (Å²) in [5, 5.41) is 8.89. The van der Waals surface area contributed by atoms with Gasteiger partial charge < -0.3 is 4.57 Å². The van der Waals surface area contributed by atoms with Crippen LogP contribution in [0.25, 0.3) is 0 Å². The van der Waals surface area contributed by atoms with Crippen molar-refractivity contribution in [3.8, 4) is 0 Å². The van der Waals surface area contributed by atoms with E-state index in [4.69, 9.17) is 0 Å². The third kappa shape index (κ3) is 3.42. The highest BCUT2D eigenvalue weighted by molar-refractivity contribution is 9.08. The summed E-state index contributed by atoms with van der Waals surface area (Å²) in [6.07, 6.45) is 0.434. The molecule has 20 heavy (non-hydrogen) atoms. The molecule has 0 fully saturated rings. The molecule has 2 aromatic rings. The topological polar surface area (TPSA) is 30.7 Å². The summed E-state index contributed by atoms with van der Waals surface area (Å²) in [6.45, 7) is 5.02. The van der Waals surface area contributed by atoms with Gasteiger partial charge in [-0.25, -0.2) is 8.78 Å². The van der Waals surface area contributed by atoms with Crippen molar-refractivity contribution in [2.45, 2.75) is 32.1 Å². The van der Waals surface area contributed by atoms with E-state index in [1.165, 1.54) is 6.07 Å². The number of nitrogens with zero attached hydrogens (tertiary/aromatic N) is 3. The minimum Gasteiger partial charge on any atom is -0.314 e. The molecule has 0 atom stereocenters. The highest BCUT2D eigenvalue weighted by Gasteiger charge is 2.13. The molecule has 0 radical (unpaired) electrons. The summed E-state index contributed by atoms with van der Waals surface area (Å²) in [5.41, 5.74) is 0.683. The Kier molecular flexibility index (Phi) is 4.86. The van der Waals surface area contributed by atoms with Gasteiger partial charge in [0.05, 0.1) is 5.33 Å². The Morgan fingerprint density at radius 2 is 1.85 bits per heavy atom. The van der Waals surface area contributed by atoms with E-state index in [0.29, 0.717) is 23.2 Å². The largest absolute Gasteiger partial charge is 0.314 e. The van der Waals surface area contributed by atoms with Crippen molar-refractivity contribution in [3.05, 3.63) is 47.0 Å². The molecule has 1 aromatic carbocycles. The van der Waals surface area contributed by atoms with Crippen LogP contribution < -0.4 is 0 Å². The molecule has 0 saturated heterocycles. The summed E-state index contributed by atoms with van der Waals surface area (Å²) >= 11 is 3.39. The molecule has 0 spiro atoms. The molecule has 0 aliphatic heterocycles. The number of hydrogen-bond acceptors (Lipinski definition) is 2. The molecule has 0 aliphatic rings. The van der Waals surface area contributed by atoms with Gasteiger partial charge in [-0.15, -0.1) is 10.2 Å². The molecule has 0 bridgehead atoms. The zero-order valence-corrected chi connectivity index (χ0v) is 13.0. The fourth-order valence-electron chi connectivity index (χ4n) is 2.01. The zero-order chi connectivity index (χ0) is 14.7. The van der Waals surface area contributed by atoms with E-state index >= 15 is 0 Å². The van der Waals surface area contributed by atoms with E-state index in [9.17, 15) is 8.78 Å². The van der Waals surface area contributed by atoms with Crippen LogP contribution in [0.1, 0.15) is 31.1 Å². The van der Waals surface area contributed by atoms with Crippen LogP contribution in [0, 0.1) is 17.6 Å². The molecule has 6 heteroatoms. The molecule has 0 aliphatic carbocycles. The smallest absolute Gasteiger partial charge is 0.159 e. The van der Waals surface area contributed by atoms with Crippen molar-refractivity contribution in [3.63, 3.8) is 0 Å². The van der Waals surface area contributed by atoms with Gasteiger partial charge in [-0.05, 0) is 23.6 Å². The number of aromatic nitrogens is 3. The van der Waals surface area contributed by atoms with Crippen LogP contribution >= 0.6 is 15.9 Å². The molecule has 1 heterocycles. The molecule has 1 aromatic heterocycles. The first-order chi connectivity index (χ1) is 9.51. The first kappa shape index (κ1) is 15.1. The third-order valence-electron chi connectivity index (χ3n) is 2.92. The molecule has 2 rings (SSSR count). The van der Waals surface area contributed by atoms with Crippen LogP contribution in [0.5, 0.6) is 0 Å². The second-order valence-electron chi connectivity index (χ2n) is 5.10. The van der Waals surface area contributed by atoms with Crippen LogP contribution in [0.3, 0.4) is 0 Å². The van der Waals surface area contributed by atoms with Crippen molar-refractivity contribution < 1.29 is 8.78 Å². The molecule has 3 nitrogen and oxygen atoms in total. The second-order valence-corrected chi connectivity index (χ2v) is 5.66. The molecule has 0 N–H and O–H groups in total. The molecular formula is C14H16BrF2N3. The number of benzene rings is 1. The summed E-state index contributed by atoms with van der Waals surface area (Å²) in [7, 11) is 0. The average molecular weight is 344 g/mol. The van der Waals surface area contributed by atoms with Crippen LogP contribution in [-0.4, -0.2) is 14.8 Å². The number of hydrogen-bond donors (Lipinski definition) is 0. The van der Waals surface area contributed by atoms with Gasteiger partial charge >= 0.3 is 0 Å². The quantitative estimate of drug-likeness (QED) is 0.775. The Morgan fingerprint density at radius 1 is 1.15 bits per heavy atom. The predicted molar refractivity (Wildman–Crippen MR) is 76.7 cm³/mol. The van der Waals surface area contributed by atoms with Crippen LogP contribution in [-0.2, 0) is 18.3 Å². The minimum atomic E-state index is -0.835. The summed E-state index contributed by atoms with van der Waals surface area (Å²) in [4.78, 5) is 0. The maximum Gasteiger partial charge on any atom is 0.159 e. The Hall–Kier alpha value is -1.30. The third-order valence-corrected chi connectivity index (χ3v) is 3.42. The highest BCUT2D eigenvalue weighted by Crippen LogP contribution is 2.15. The normalized spacial score (nSPS) is 11.3. The first-order valence-electron chi connectivity index (χ1n) is 6.42. The minimum absolute atomic E-state index is 0.434. The van der Waals surface area contributed by atoms with E-state index in [1.54, 1.807) is 6.07 Å². The van der Waals surface area contributed by atoms with Gasteiger partial charge in [-0.3, -0.25) is 0 Å². The lowest BCUT2D eigenvalue weighted by atomic mass is 10.1. The van der Waals surface area contributed by atoms with Gasteiger partial charge in [0.25, 0.3) is 0 Å². The van der Waals surface area contributed by atoms with Crippen LogP contribution in [0.4, 0.5) is 8.78 Å². The van der Waals surface area contributed by atoms with E-state index in [2.05, 4.69) is 40.0 Å². The van der Waals surface area contributed by atoms with E-state index in [0.717, 1.165) is 24.3 Å². The van der Waals surface area contributed by atoms with Crippen molar-refractivity contribution in [2.75, 3.05) is 0 Å². The monoisotopic (exact) mass is 343 g/mol. The first-order valence-corrected chi connectivity index (χ1v) is 7.54. The number of halogens is 3. The zero-order valence-electron chi connectivity index (χ0n) is 11.4. The van der Waals surface area contributed by atoms with Gasteiger partial charge in [0.2, 0.25) is 0 Å². The standard InChI is InChI=1S/C14H16BrF2N3/c1-9(2)8-20-13(18-19-14(20)7-15)6-10-3-4-11(16)12(17)5-10/h3-5,9H,6-8H2,1-2H3. The summed E-state index contributed by atoms with van der Waals surface area (Å²) < 4.78 is 28.2. The van der Waals surface area contributed by atoms with Gasteiger partial charge in [0.1, 0.15) is 11.6 Å². The van der Waals surface area contributed by atoms with E-state index < -0.39 is 11.6 Å². The van der Waals surface area contributed by atoms with Gasteiger partial charge in [-0.2, -0.15) is 0 Å². The summed E-state index contributed by atoms with van der Waals surface area (Å²) in [6, 6.07) is 3.91. The SMILES string of the molecule is CC(C)Cn1c(CBr)nnc1Cc1ccc(F)c(F)c1. The van der Waals surface area contributed by atoms with Crippen molar-refractivity contribution >= 4 is 15.9 Å². The fourth-order valence-corrected chi connectivity index (χ4v) is 2.42. The Morgan fingerprint density at radius 3 is 2.45 bits per heavy atom. The maximum atomic E-state index is 13.2. The number of alkyl halides is 1. The highest BCUT2D eigenvalue weighted by atomic mass is 79.9. The van der Waals surface area contributed by atoms with Crippen molar-refractivity contribution in [2.24, 2.45) is 5.92 Å². The Balaban J connectivity index is 2.28. The lowest BCUT2D eigenvalue weighted by Crippen LogP contribution is -2.12. The van der Waals surface area contributed by atoms with Crippen LogP contribution in [0.15, 0.2) is 18.2 Å². The van der Waals surface area contributed by atoms with Gasteiger partial charge in [-0.1, -0.05) is 35.8 Å². The molecule has 0 saturated carbocycles. The Bertz CT molecular complexity index is 596. The van der Waals surface area contributed by atoms with Crippen LogP contribution in [0.2, 0.25) is 0 Å².